The number of methoxy groups -OCH3 is 1. The zero-order valence-corrected chi connectivity index (χ0v) is 16.9. The van der Waals surface area contributed by atoms with Gasteiger partial charge >= 0.3 is 0 Å². The van der Waals surface area contributed by atoms with Gasteiger partial charge < -0.3 is 18.9 Å². The molecule has 2 aliphatic rings. The average Bonchev–Trinajstić information content (AvgIpc) is 3.12. The van der Waals surface area contributed by atoms with Gasteiger partial charge in [-0.25, -0.2) is 4.39 Å². The first kappa shape index (κ1) is 21.1. The van der Waals surface area contributed by atoms with E-state index in [4.69, 9.17) is 18.9 Å². The molecule has 1 fully saturated rings. The highest BCUT2D eigenvalue weighted by Crippen LogP contribution is 2.46. The van der Waals surface area contributed by atoms with E-state index in [9.17, 15) is 9.18 Å². The fraction of sp³-hybridized carbons (Fsp3) is 0.435. The topological polar surface area (TPSA) is 54.0 Å². The zero-order valence-electron chi connectivity index (χ0n) is 16.9. The van der Waals surface area contributed by atoms with Crippen molar-refractivity contribution in [3.8, 4) is 11.5 Å². The van der Waals surface area contributed by atoms with Crippen molar-refractivity contribution in [1.29, 1.82) is 0 Å². The van der Waals surface area contributed by atoms with E-state index in [1.54, 1.807) is 18.2 Å². The van der Waals surface area contributed by atoms with Crippen LogP contribution >= 0.6 is 0 Å². The molecule has 1 aliphatic heterocycles. The predicted octanol–water partition coefficient (Wildman–Crippen LogP) is 4.37. The maximum Gasteiger partial charge on any atom is 0.189 e. The molecule has 29 heavy (non-hydrogen) atoms. The van der Waals surface area contributed by atoms with Crippen molar-refractivity contribution in [3.05, 3.63) is 60.7 Å². The van der Waals surface area contributed by atoms with Crippen molar-refractivity contribution >= 4 is 5.78 Å². The predicted molar refractivity (Wildman–Crippen MR) is 107 cm³/mol. The van der Waals surface area contributed by atoms with Gasteiger partial charge in [0.05, 0.1) is 7.11 Å². The second kappa shape index (κ2) is 8.82. The lowest BCUT2D eigenvalue weighted by Gasteiger charge is -2.38. The third-order valence-electron chi connectivity index (χ3n) is 5.64. The van der Waals surface area contributed by atoms with Crippen molar-refractivity contribution in [3.63, 3.8) is 0 Å². The van der Waals surface area contributed by atoms with Crippen molar-refractivity contribution in [2.75, 3.05) is 20.5 Å². The summed E-state index contributed by atoms with van der Waals surface area (Å²) in [4.78, 5) is 12.4. The highest BCUT2D eigenvalue weighted by Gasteiger charge is 2.51. The smallest absolute Gasteiger partial charge is 0.189 e. The standard InChI is InChI=1S/C23H27FO5/c1-5-7-16-13-23(22(12-19(16)25)28-14-29-23)15(3)9-17-10-21(27-8-6-2)20(26-4)11-18(17)24/h5-6,10-12,15-16H,1-2,7-9,13-14H2,3-4H3/t15-,16+,23-/m1/s1. The zero-order chi connectivity index (χ0) is 21.0. The number of hydrogen-bond acceptors (Lipinski definition) is 5. The van der Waals surface area contributed by atoms with Crippen LogP contribution in [0, 0.1) is 17.7 Å². The van der Waals surface area contributed by atoms with E-state index >= 15 is 0 Å². The number of benzene rings is 1. The first-order valence-corrected chi connectivity index (χ1v) is 9.69. The first-order valence-electron chi connectivity index (χ1n) is 9.69. The summed E-state index contributed by atoms with van der Waals surface area (Å²) in [5.74, 6) is 0.608. The molecule has 0 aromatic heterocycles. The summed E-state index contributed by atoms with van der Waals surface area (Å²) < 4.78 is 37.2. The van der Waals surface area contributed by atoms with Crippen LogP contribution in [0.4, 0.5) is 4.39 Å². The van der Waals surface area contributed by atoms with Crippen LogP contribution in [-0.4, -0.2) is 31.9 Å². The van der Waals surface area contributed by atoms with Gasteiger partial charge in [-0.05, 0) is 36.8 Å². The fourth-order valence-electron chi connectivity index (χ4n) is 4.06. The van der Waals surface area contributed by atoms with Crippen LogP contribution in [0.25, 0.3) is 0 Å². The van der Waals surface area contributed by atoms with Gasteiger partial charge in [-0.3, -0.25) is 4.79 Å². The minimum Gasteiger partial charge on any atom is -0.493 e. The third kappa shape index (κ3) is 4.08. The summed E-state index contributed by atoms with van der Waals surface area (Å²) in [5, 5.41) is 0. The number of hydrogen-bond donors (Lipinski definition) is 0. The lowest BCUT2D eigenvalue weighted by Crippen LogP contribution is -2.45. The maximum atomic E-state index is 14.8. The Balaban J connectivity index is 1.89. The Morgan fingerprint density at radius 3 is 2.83 bits per heavy atom. The molecule has 0 radical (unpaired) electrons. The molecule has 3 rings (SSSR count). The number of carbonyl (C=O) groups excluding carboxylic acids is 1. The van der Waals surface area contributed by atoms with Crippen LogP contribution in [-0.2, 0) is 20.7 Å². The Morgan fingerprint density at radius 1 is 1.34 bits per heavy atom. The molecule has 0 bridgehead atoms. The van der Waals surface area contributed by atoms with Crippen molar-refractivity contribution in [2.24, 2.45) is 11.8 Å². The molecule has 1 heterocycles. The van der Waals surface area contributed by atoms with E-state index in [1.165, 1.54) is 19.3 Å². The van der Waals surface area contributed by atoms with Gasteiger partial charge in [0, 0.05) is 18.1 Å². The lowest BCUT2D eigenvalue weighted by atomic mass is 9.71. The Hall–Kier alpha value is -2.60. The summed E-state index contributed by atoms with van der Waals surface area (Å²) in [6.45, 7) is 9.74. The molecule has 0 amide bonds. The number of allylic oxidation sites excluding steroid dienone is 2. The van der Waals surface area contributed by atoms with Gasteiger partial charge in [0.25, 0.3) is 0 Å². The third-order valence-corrected chi connectivity index (χ3v) is 5.64. The molecular formula is C23H27FO5. The fourth-order valence-corrected chi connectivity index (χ4v) is 4.06. The molecule has 1 aliphatic carbocycles. The molecule has 1 saturated heterocycles. The maximum absolute atomic E-state index is 14.8. The second-order valence-electron chi connectivity index (χ2n) is 7.43. The molecule has 1 aromatic rings. The average molecular weight is 402 g/mol. The highest BCUT2D eigenvalue weighted by molar-refractivity contribution is 5.93. The van der Waals surface area contributed by atoms with Crippen LogP contribution in [0.15, 0.2) is 49.3 Å². The van der Waals surface area contributed by atoms with Gasteiger partial charge in [0.1, 0.15) is 23.8 Å². The molecule has 1 aromatic carbocycles. The molecular weight excluding hydrogens is 375 g/mol. The first-order chi connectivity index (χ1) is 13.9. The van der Waals surface area contributed by atoms with Gasteiger partial charge in [0.2, 0.25) is 0 Å². The minimum atomic E-state index is -0.754. The number of fused-ring (bicyclic) bond motifs is 1. The van der Waals surface area contributed by atoms with Gasteiger partial charge in [0.15, 0.2) is 24.1 Å². The molecule has 156 valence electrons. The quantitative estimate of drug-likeness (QED) is 0.574. The van der Waals surface area contributed by atoms with E-state index in [1.807, 2.05) is 6.92 Å². The van der Waals surface area contributed by atoms with Crippen LogP contribution in [0.3, 0.4) is 0 Å². The number of rotatable bonds is 9. The largest absolute Gasteiger partial charge is 0.493 e. The van der Waals surface area contributed by atoms with Crippen molar-refractivity contribution in [2.45, 2.75) is 31.8 Å². The van der Waals surface area contributed by atoms with Crippen LogP contribution < -0.4 is 9.47 Å². The summed E-state index contributed by atoms with van der Waals surface area (Å²) in [5.41, 5.74) is -0.269. The van der Waals surface area contributed by atoms with E-state index < -0.39 is 5.60 Å². The minimum absolute atomic E-state index is 0.0176. The van der Waals surface area contributed by atoms with Crippen LogP contribution in [0.1, 0.15) is 25.3 Å². The number of halogens is 1. The van der Waals surface area contributed by atoms with E-state index in [-0.39, 0.29) is 36.8 Å². The molecule has 5 nitrogen and oxygen atoms in total. The van der Waals surface area contributed by atoms with E-state index in [2.05, 4.69) is 13.2 Å². The summed E-state index contributed by atoms with van der Waals surface area (Å²) in [6.07, 6.45) is 6.32. The molecule has 3 atom stereocenters. The normalized spacial score (nSPS) is 24.2. The molecule has 0 unspecified atom stereocenters. The SMILES string of the molecule is C=CCOc1cc(C[C@@H](C)[C@]23C[C@H](CC=C)C(=O)C=C2OCO3)c(F)cc1OC. The molecule has 0 N–H and O–H groups in total. The Morgan fingerprint density at radius 2 is 2.14 bits per heavy atom. The van der Waals surface area contributed by atoms with E-state index in [0.717, 1.165) is 0 Å². The van der Waals surface area contributed by atoms with Gasteiger partial charge in [-0.2, -0.15) is 0 Å². The molecule has 0 saturated carbocycles. The Bertz CT molecular complexity index is 831. The van der Waals surface area contributed by atoms with Crippen LogP contribution in [0.5, 0.6) is 11.5 Å². The highest BCUT2D eigenvalue weighted by atomic mass is 19.1. The Kier molecular flexibility index (Phi) is 6.42. The summed E-state index contributed by atoms with van der Waals surface area (Å²) >= 11 is 0. The number of ether oxygens (including phenoxy) is 4. The molecule has 6 heteroatoms. The van der Waals surface area contributed by atoms with Crippen molar-refractivity contribution < 1.29 is 28.1 Å². The van der Waals surface area contributed by atoms with E-state index in [0.29, 0.717) is 42.1 Å². The van der Waals surface area contributed by atoms with Crippen LogP contribution in [0.2, 0.25) is 0 Å². The number of ketones is 1. The Labute approximate surface area is 170 Å². The van der Waals surface area contributed by atoms with Crippen molar-refractivity contribution in [1.82, 2.24) is 0 Å². The monoisotopic (exact) mass is 402 g/mol. The lowest BCUT2D eigenvalue weighted by molar-refractivity contribution is -0.123. The summed E-state index contributed by atoms with van der Waals surface area (Å²) in [6, 6.07) is 2.98. The van der Waals surface area contributed by atoms with Gasteiger partial charge in [-0.1, -0.05) is 25.7 Å². The van der Waals surface area contributed by atoms with Gasteiger partial charge in [-0.15, -0.1) is 6.58 Å². The molecule has 0 spiro atoms. The number of carbonyl (C=O) groups is 1. The second-order valence-corrected chi connectivity index (χ2v) is 7.43. The summed E-state index contributed by atoms with van der Waals surface area (Å²) in [7, 11) is 1.47.